The number of benzene rings is 1. The van der Waals surface area contributed by atoms with Crippen LogP contribution in [0.25, 0.3) is 0 Å². The van der Waals surface area contributed by atoms with Crippen LogP contribution in [0.5, 0.6) is 0 Å². The normalized spacial score (nSPS) is 10.6. The molecule has 1 heterocycles. The third kappa shape index (κ3) is 5.39. The lowest BCUT2D eigenvalue weighted by Crippen LogP contribution is -2.30. The number of hydrogen-bond acceptors (Lipinski definition) is 4. The monoisotopic (exact) mass is 340 g/mol. The lowest BCUT2D eigenvalue weighted by atomic mass is 10.2. The van der Waals surface area contributed by atoms with Crippen molar-refractivity contribution in [2.24, 2.45) is 0 Å². The molecule has 0 unspecified atom stereocenters. The van der Waals surface area contributed by atoms with Crippen LogP contribution < -0.4 is 10.2 Å². The van der Waals surface area contributed by atoms with Crippen molar-refractivity contribution in [3.8, 4) is 0 Å². The number of hydrogen-bond donors (Lipinski definition) is 1. The number of rotatable bonds is 7. The molecule has 2 amide bonds. The zero-order valence-electron chi connectivity index (χ0n) is 14.9. The van der Waals surface area contributed by atoms with Crippen LogP contribution in [0.2, 0.25) is 0 Å². The molecule has 6 heteroatoms. The summed E-state index contributed by atoms with van der Waals surface area (Å²) in [5.41, 5.74) is 1.26. The molecule has 1 N–H and O–H groups in total. The molecule has 0 bridgehead atoms. The Kier molecular flexibility index (Phi) is 6.65. The van der Waals surface area contributed by atoms with Crippen molar-refractivity contribution in [1.29, 1.82) is 0 Å². The van der Waals surface area contributed by atoms with Crippen molar-refractivity contribution < 1.29 is 9.59 Å². The molecule has 6 nitrogen and oxygen atoms in total. The molecule has 25 heavy (non-hydrogen) atoms. The number of nitrogens with one attached hydrogen (secondary N) is 1. The van der Waals surface area contributed by atoms with Crippen LogP contribution in [0.15, 0.2) is 48.5 Å². The van der Waals surface area contributed by atoms with Gasteiger partial charge in [-0.2, -0.15) is 0 Å². The zero-order chi connectivity index (χ0) is 18.2. The van der Waals surface area contributed by atoms with Gasteiger partial charge in [0.2, 0.25) is 0 Å². The van der Waals surface area contributed by atoms with Crippen molar-refractivity contribution in [3.05, 3.63) is 59.9 Å². The van der Waals surface area contributed by atoms with Crippen molar-refractivity contribution >= 4 is 17.5 Å². The van der Waals surface area contributed by atoms with Crippen LogP contribution in [0.1, 0.15) is 27.4 Å². The highest BCUT2D eigenvalue weighted by molar-refractivity contribution is 6.05. The summed E-state index contributed by atoms with van der Waals surface area (Å²) in [5.74, 6) is -0.524. The number of pyridine rings is 1. The van der Waals surface area contributed by atoms with Gasteiger partial charge in [0.15, 0.2) is 0 Å². The smallest absolute Gasteiger partial charge is 0.276 e. The SMILES string of the molecule is CN(C)CCCNC(=O)c1cccc(C(=O)N(C)c2ccccc2)n1. The second kappa shape index (κ2) is 8.94. The molecule has 0 spiro atoms. The maximum atomic E-state index is 12.6. The average molecular weight is 340 g/mol. The molecule has 0 atom stereocenters. The van der Waals surface area contributed by atoms with Crippen LogP contribution in [0, 0.1) is 0 Å². The summed E-state index contributed by atoms with van der Waals surface area (Å²) in [4.78, 5) is 32.6. The molecule has 2 rings (SSSR count). The van der Waals surface area contributed by atoms with Gasteiger partial charge in [0, 0.05) is 19.3 Å². The number of para-hydroxylation sites is 1. The number of anilines is 1. The molecule has 0 saturated heterocycles. The van der Waals surface area contributed by atoms with Gasteiger partial charge in [0.25, 0.3) is 11.8 Å². The highest BCUT2D eigenvalue weighted by Crippen LogP contribution is 2.14. The summed E-state index contributed by atoms with van der Waals surface area (Å²) in [5, 5.41) is 2.83. The van der Waals surface area contributed by atoms with Crippen molar-refractivity contribution in [1.82, 2.24) is 15.2 Å². The highest BCUT2D eigenvalue weighted by atomic mass is 16.2. The Balaban J connectivity index is 2.02. The maximum absolute atomic E-state index is 12.6. The summed E-state index contributed by atoms with van der Waals surface area (Å²) in [6.07, 6.45) is 0.855. The molecule has 132 valence electrons. The van der Waals surface area contributed by atoms with E-state index in [0.29, 0.717) is 6.54 Å². The second-order valence-corrected chi connectivity index (χ2v) is 6.02. The van der Waals surface area contributed by atoms with Crippen molar-refractivity contribution in [3.63, 3.8) is 0 Å². The summed E-state index contributed by atoms with van der Waals surface area (Å²) >= 11 is 0. The van der Waals surface area contributed by atoms with E-state index in [1.165, 1.54) is 4.90 Å². The quantitative estimate of drug-likeness (QED) is 0.784. The van der Waals surface area contributed by atoms with E-state index in [1.54, 1.807) is 25.2 Å². The van der Waals surface area contributed by atoms with E-state index in [-0.39, 0.29) is 23.2 Å². The highest BCUT2D eigenvalue weighted by Gasteiger charge is 2.16. The first kappa shape index (κ1) is 18.6. The molecule has 0 saturated carbocycles. The Morgan fingerprint density at radius 2 is 1.64 bits per heavy atom. The van der Waals surface area contributed by atoms with Gasteiger partial charge >= 0.3 is 0 Å². The molecule has 2 aromatic rings. The van der Waals surface area contributed by atoms with Crippen LogP contribution in [0.3, 0.4) is 0 Å². The molecule has 0 aliphatic carbocycles. The van der Waals surface area contributed by atoms with Gasteiger partial charge in [-0.1, -0.05) is 24.3 Å². The fraction of sp³-hybridized carbons (Fsp3) is 0.316. The molecular formula is C19H24N4O2. The van der Waals surface area contributed by atoms with E-state index in [2.05, 4.69) is 15.2 Å². The predicted molar refractivity (Wildman–Crippen MR) is 98.9 cm³/mol. The number of amides is 2. The Morgan fingerprint density at radius 1 is 0.960 bits per heavy atom. The lowest BCUT2D eigenvalue weighted by molar-refractivity contribution is 0.0947. The second-order valence-electron chi connectivity index (χ2n) is 6.02. The zero-order valence-corrected chi connectivity index (χ0v) is 14.9. The molecule has 0 aliphatic heterocycles. The van der Waals surface area contributed by atoms with Gasteiger partial charge < -0.3 is 15.1 Å². The predicted octanol–water partition coefficient (Wildman–Crippen LogP) is 2.04. The largest absolute Gasteiger partial charge is 0.351 e. The Morgan fingerprint density at radius 3 is 2.32 bits per heavy atom. The third-order valence-corrected chi connectivity index (χ3v) is 3.72. The topological polar surface area (TPSA) is 65.5 Å². The van der Waals surface area contributed by atoms with E-state index in [9.17, 15) is 9.59 Å². The van der Waals surface area contributed by atoms with Crippen LogP contribution in [-0.2, 0) is 0 Å². The minimum atomic E-state index is -0.268. The summed E-state index contributed by atoms with van der Waals surface area (Å²) in [6.45, 7) is 1.47. The standard InChI is InChI=1S/C19H24N4O2/c1-22(2)14-8-13-20-18(24)16-11-7-12-17(21-16)19(25)23(3)15-9-5-4-6-10-15/h4-7,9-12H,8,13-14H2,1-3H3,(H,20,24). The van der Waals surface area contributed by atoms with Gasteiger partial charge in [-0.3, -0.25) is 9.59 Å². The van der Waals surface area contributed by atoms with Crippen LogP contribution in [-0.4, -0.2) is 55.9 Å². The van der Waals surface area contributed by atoms with E-state index in [4.69, 9.17) is 0 Å². The number of carbonyl (C=O) groups excluding carboxylic acids is 2. The molecule has 0 aliphatic rings. The van der Waals surface area contributed by atoms with Gasteiger partial charge in [0.05, 0.1) is 0 Å². The van der Waals surface area contributed by atoms with E-state index >= 15 is 0 Å². The van der Waals surface area contributed by atoms with Gasteiger partial charge in [0.1, 0.15) is 11.4 Å². The number of carbonyl (C=O) groups is 2. The lowest BCUT2D eigenvalue weighted by Gasteiger charge is -2.17. The first-order chi connectivity index (χ1) is 12.0. The molecule has 0 fully saturated rings. The van der Waals surface area contributed by atoms with Crippen molar-refractivity contribution in [2.75, 3.05) is 39.1 Å². The molecule has 0 radical (unpaired) electrons. The van der Waals surface area contributed by atoms with Crippen LogP contribution >= 0.6 is 0 Å². The summed E-state index contributed by atoms with van der Waals surface area (Å²) < 4.78 is 0. The molecule has 1 aromatic heterocycles. The number of aromatic nitrogens is 1. The Hall–Kier alpha value is -2.73. The minimum Gasteiger partial charge on any atom is -0.351 e. The molecule has 1 aromatic carbocycles. The van der Waals surface area contributed by atoms with Crippen molar-refractivity contribution in [2.45, 2.75) is 6.42 Å². The number of nitrogens with zero attached hydrogens (tertiary/aromatic N) is 3. The van der Waals surface area contributed by atoms with Gasteiger partial charge in [-0.25, -0.2) is 4.98 Å². The van der Waals surface area contributed by atoms with E-state index in [1.807, 2.05) is 44.4 Å². The van der Waals surface area contributed by atoms with E-state index in [0.717, 1.165) is 18.7 Å². The maximum Gasteiger partial charge on any atom is 0.276 e. The summed E-state index contributed by atoms with van der Waals surface area (Å²) in [7, 11) is 5.66. The fourth-order valence-electron chi connectivity index (χ4n) is 2.31. The average Bonchev–Trinajstić information content (AvgIpc) is 2.64. The molecular weight excluding hydrogens is 316 g/mol. The van der Waals surface area contributed by atoms with Gasteiger partial charge in [-0.15, -0.1) is 0 Å². The minimum absolute atomic E-state index is 0.243. The van der Waals surface area contributed by atoms with E-state index < -0.39 is 0 Å². The summed E-state index contributed by atoms with van der Waals surface area (Å²) in [6, 6.07) is 14.2. The first-order valence-electron chi connectivity index (χ1n) is 8.22. The Labute approximate surface area is 148 Å². The Bertz CT molecular complexity index is 716. The van der Waals surface area contributed by atoms with Crippen LogP contribution in [0.4, 0.5) is 5.69 Å². The fourth-order valence-corrected chi connectivity index (χ4v) is 2.31. The van der Waals surface area contributed by atoms with Gasteiger partial charge in [-0.05, 0) is 51.3 Å². The first-order valence-corrected chi connectivity index (χ1v) is 8.22. The third-order valence-electron chi connectivity index (χ3n) is 3.72.